The highest BCUT2D eigenvalue weighted by Crippen LogP contribution is 2.48. The second-order valence-corrected chi connectivity index (χ2v) is 7.62. The Hall–Kier alpha value is -4.22. The molecular formula is C25H11F9N2O. The van der Waals surface area contributed by atoms with Crippen molar-refractivity contribution in [3.05, 3.63) is 107 Å². The van der Waals surface area contributed by atoms with E-state index in [0.717, 1.165) is 42.6 Å². The third-order valence-corrected chi connectivity index (χ3v) is 5.24. The van der Waals surface area contributed by atoms with Crippen LogP contribution < -0.4 is 0 Å². The number of hydrogen-bond donors (Lipinski definition) is 0. The molecule has 2 aromatic carbocycles. The highest BCUT2D eigenvalue weighted by atomic mass is 19.4. The van der Waals surface area contributed by atoms with Crippen molar-refractivity contribution < 1.29 is 44.3 Å². The molecule has 0 spiro atoms. The summed E-state index contributed by atoms with van der Waals surface area (Å²) >= 11 is 0. The normalized spacial score (nSPS) is 12.0. The number of nitrogens with zero attached hydrogens (tertiary/aromatic N) is 2. The van der Waals surface area contributed by atoms with Gasteiger partial charge in [-0.1, -0.05) is 12.1 Å². The van der Waals surface area contributed by atoms with Crippen molar-refractivity contribution in [2.45, 2.75) is 12.1 Å². The van der Waals surface area contributed by atoms with Crippen LogP contribution in [0, 0.1) is 23.3 Å². The molecule has 0 bridgehead atoms. The van der Waals surface area contributed by atoms with Crippen molar-refractivity contribution in [2.24, 2.45) is 0 Å². The van der Waals surface area contributed by atoms with Crippen LogP contribution in [0.5, 0.6) is 0 Å². The second kappa shape index (κ2) is 9.34. The lowest BCUT2D eigenvalue weighted by atomic mass is 9.95. The summed E-state index contributed by atoms with van der Waals surface area (Å²) in [6, 6.07) is 9.45. The van der Waals surface area contributed by atoms with Crippen LogP contribution in [0.4, 0.5) is 39.5 Å². The molecule has 4 aromatic rings. The van der Waals surface area contributed by atoms with Crippen molar-refractivity contribution >= 4 is 5.78 Å². The molecule has 0 fully saturated rings. The molecule has 0 aliphatic heterocycles. The van der Waals surface area contributed by atoms with Crippen molar-refractivity contribution in [1.82, 2.24) is 9.97 Å². The van der Waals surface area contributed by atoms with Crippen molar-refractivity contribution in [1.29, 1.82) is 0 Å². The summed E-state index contributed by atoms with van der Waals surface area (Å²) in [5.41, 5.74) is -6.71. The van der Waals surface area contributed by atoms with E-state index in [2.05, 4.69) is 9.97 Å². The smallest absolute Gasteiger partial charge is 0.287 e. The van der Waals surface area contributed by atoms with Gasteiger partial charge in [-0.3, -0.25) is 9.78 Å². The van der Waals surface area contributed by atoms with Crippen molar-refractivity contribution in [3.8, 4) is 22.5 Å². The van der Waals surface area contributed by atoms with E-state index in [-0.39, 0.29) is 5.69 Å². The molecule has 0 aliphatic carbocycles. The van der Waals surface area contributed by atoms with Gasteiger partial charge < -0.3 is 0 Å². The van der Waals surface area contributed by atoms with Gasteiger partial charge in [0.15, 0.2) is 0 Å². The molecule has 4 rings (SSSR count). The van der Waals surface area contributed by atoms with Crippen LogP contribution in [0.25, 0.3) is 22.5 Å². The summed E-state index contributed by atoms with van der Waals surface area (Å²) in [6.07, 6.45) is -5.26. The molecule has 0 saturated carbocycles. The molecule has 0 saturated heterocycles. The van der Waals surface area contributed by atoms with Crippen molar-refractivity contribution in [2.75, 3.05) is 0 Å². The lowest BCUT2D eigenvalue weighted by Gasteiger charge is -2.23. The van der Waals surface area contributed by atoms with Crippen LogP contribution >= 0.6 is 0 Å². The molecule has 0 radical (unpaired) electrons. The fraction of sp³-hybridized carbons (Fsp3) is 0.0800. The number of alkyl halides is 5. The van der Waals surface area contributed by atoms with Crippen LogP contribution in [0.1, 0.15) is 21.6 Å². The molecule has 190 valence electrons. The number of rotatable bonds is 5. The molecular weight excluding hydrogens is 515 g/mol. The first kappa shape index (κ1) is 25.9. The molecule has 37 heavy (non-hydrogen) atoms. The Balaban J connectivity index is 1.95. The van der Waals surface area contributed by atoms with Gasteiger partial charge in [0.2, 0.25) is 5.78 Å². The Morgan fingerprint density at radius 3 is 1.97 bits per heavy atom. The van der Waals surface area contributed by atoms with Gasteiger partial charge in [-0.2, -0.15) is 22.0 Å². The molecule has 2 heterocycles. The molecule has 0 unspecified atom stereocenters. The largest absolute Gasteiger partial charge is 0.458 e. The number of hydrogen-bond acceptors (Lipinski definition) is 3. The Morgan fingerprint density at radius 2 is 1.38 bits per heavy atom. The lowest BCUT2D eigenvalue weighted by Crippen LogP contribution is -2.36. The Bertz CT molecular complexity index is 1500. The maximum absolute atomic E-state index is 15.2. The Kier molecular flexibility index (Phi) is 6.53. The first-order valence-electron chi connectivity index (χ1n) is 10.2. The fourth-order valence-corrected chi connectivity index (χ4v) is 3.47. The van der Waals surface area contributed by atoms with E-state index in [1.165, 1.54) is 12.1 Å². The number of aromatic nitrogens is 2. The summed E-state index contributed by atoms with van der Waals surface area (Å²) in [4.78, 5) is 20.2. The van der Waals surface area contributed by atoms with E-state index in [4.69, 9.17) is 0 Å². The predicted molar refractivity (Wildman–Crippen MR) is 113 cm³/mol. The van der Waals surface area contributed by atoms with Gasteiger partial charge in [-0.25, -0.2) is 22.5 Å². The highest BCUT2D eigenvalue weighted by molar-refractivity contribution is 6.08. The summed E-state index contributed by atoms with van der Waals surface area (Å²) < 4.78 is 126. The Morgan fingerprint density at radius 1 is 0.730 bits per heavy atom. The fourth-order valence-electron chi connectivity index (χ4n) is 3.47. The average molecular weight is 526 g/mol. The zero-order valence-electron chi connectivity index (χ0n) is 18.1. The minimum Gasteiger partial charge on any atom is -0.287 e. The van der Waals surface area contributed by atoms with Gasteiger partial charge in [0.25, 0.3) is 0 Å². The van der Waals surface area contributed by atoms with Crippen LogP contribution in [-0.4, -0.2) is 21.9 Å². The van der Waals surface area contributed by atoms with Gasteiger partial charge in [0, 0.05) is 23.4 Å². The van der Waals surface area contributed by atoms with Crippen molar-refractivity contribution in [3.63, 3.8) is 0 Å². The first-order chi connectivity index (χ1) is 17.3. The molecule has 0 atom stereocenters. The standard InChI is InChI=1S/C25H11F9N2O/c26-12-7-8-13(16(27)10-12)23(37)19-6-3-5-18(36-19)15-11-14(17-4-1-2-9-35-17)21(28)20(22(15)29)24(30,31)25(32,33)34/h1-11H. The molecule has 0 aliphatic rings. The topological polar surface area (TPSA) is 42.9 Å². The van der Waals surface area contributed by atoms with E-state index >= 15 is 8.78 Å². The third-order valence-electron chi connectivity index (χ3n) is 5.24. The van der Waals surface area contributed by atoms with Crippen LogP contribution in [0.2, 0.25) is 0 Å². The number of pyridine rings is 2. The summed E-state index contributed by atoms with van der Waals surface area (Å²) in [6.45, 7) is 0. The molecule has 0 N–H and O–H groups in total. The quantitative estimate of drug-likeness (QED) is 0.203. The van der Waals surface area contributed by atoms with Crippen LogP contribution in [-0.2, 0) is 5.92 Å². The van der Waals surface area contributed by atoms with E-state index in [0.29, 0.717) is 12.1 Å². The molecule has 2 aromatic heterocycles. The van der Waals surface area contributed by atoms with E-state index in [9.17, 15) is 35.5 Å². The lowest BCUT2D eigenvalue weighted by molar-refractivity contribution is -0.291. The Labute approximate surface area is 202 Å². The predicted octanol–water partition coefficient (Wildman–Crippen LogP) is 7.25. The second-order valence-electron chi connectivity index (χ2n) is 7.62. The monoisotopic (exact) mass is 526 g/mol. The van der Waals surface area contributed by atoms with Gasteiger partial charge in [-0.15, -0.1) is 0 Å². The summed E-state index contributed by atoms with van der Waals surface area (Å²) in [5, 5.41) is 0. The molecule has 3 nitrogen and oxygen atoms in total. The molecule has 0 amide bonds. The zero-order valence-corrected chi connectivity index (χ0v) is 18.1. The first-order valence-corrected chi connectivity index (χ1v) is 10.2. The van der Waals surface area contributed by atoms with Crippen LogP contribution in [0.15, 0.2) is 66.9 Å². The maximum Gasteiger partial charge on any atom is 0.458 e. The highest BCUT2D eigenvalue weighted by Gasteiger charge is 2.62. The van der Waals surface area contributed by atoms with E-state index in [1.54, 1.807) is 0 Å². The van der Waals surface area contributed by atoms with E-state index in [1.807, 2.05) is 0 Å². The maximum atomic E-state index is 15.2. The minimum absolute atomic E-state index is 0.388. The number of benzene rings is 2. The average Bonchev–Trinajstić information content (AvgIpc) is 2.83. The van der Waals surface area contributed by atoms with E-state index < -0.39 is 74.8 Å². The molecule has 12 heteroatoms. The van der Waals surface area contributed by atoms with Gasteiger partial charge in [-0.05, 0) is 42.5 Å². The third kappa shape index (κ3) is 4.66. The summed E-state index contributed by atoms with van der Waals surface area (Å²) in [7, 11) is 0. The summed E-state index contributed by atoms with van der Waals surface area (Å²) in [5.74, 6) is -13.8. The number of carbonyl (C=O) groups excluding carboxylic acids is 1. The number of ketones is 1. The van der Waals surface area contributed by atoms with Gasteiger partial charge in [0.1, 0.15) is 34.5 Å². The SMILES string of the molecule is O=C(c1cccc(-c2cc(-c3ccccn3)c(F)c(C(F)(F)C(F)(F)F)c2F)n1)c1ccc(F)cc1F. The zero-order chi connectivity index (χ0) is 27.1. The van der Waals surface area contributed by atoms with Crippen LogP contribution in [0.3, 0.4) is 0 Å². The number of carbonyl (C=O) groups is 1. The van der Waals surface area contributed by atoms with Gasteiger partial charge in [0.05, 0.1) is 17.0 Å². The minimum atomic E-state index is -6.36. The number of halogens is 9. The van der Waals surface area contributed by atoms with Gasteiger partial charge >= 0.3 is 12.1 Å².